The van der Waals surface area contributed by atoms with Gasteiger partial charge in [0.25, 0.3) is 0 Å². The van der Waals surface area contributed by atoms with E-state index in [0.717, 1.165) is 12.8 Å². The van der Waals surface area contributed by atoms with Crippen LogP contribution >= 0.6 is 0 Å². The molecule has 0 aliphatic heterocycles. The number of fused-ring (bicyclic) bond motifs is 3. The standard InChI is InChI=1S/C13H25NO.C13H9.C3H6.2ClH.Ti/c14-13(15)12-10-8-6-4-2-1-3-5-7-9-11-12;1-3-7-12-10(5-1)9-11-6-2-4-8-13(11)12;1-3-2;;;/h12H,1-11H2,(H2,14,15);1-9H;1-2H3;2*1H;/q;;;;;+3/p-3. The first-order chi connectivity index (χ1) is 15.7. The number of carbonyl (C=O) groups excluding carboxylic acids is 1. The van der Waals surface area contributed by atoms with E-state index in [1.54, 1.807) is 0 Å². The molecule has 0 spiro atoms. The van der Waals surface area contributed by atoms with Crippen LogP contribution < -0.4 is 28.6 Å². The number of benzene rings is 2. The van der Waals surface area contributed by atoms with Crippen LogP contribution in [0.4, 0.5) is 0 Å². The number of amides is 1. The van der Waals surface area contributed by atoms with Crippen molar-refractivity contribution in [1.82, 2.24) is 3.80 Å². The summed E-state index contributed by atoms with van der Waals surface area (Å²) in [5.41, 5.74) is 5.56. The predicted molar refractivity (Wildman–Crippen MR) is 132 cm³/mol. The van der Waals surface area contributed by atoms with Gasteiger partial charge in [-0.3, -0.25) is 0 Å². The first-order valence-corrected chi connectivity index (χ1v) is 15.3. The number of rotatable bonds is 3. The molecule has 0 radical (unpaired) electrons. The summed E-state index contributed by atoms with van der Waals surface area (Å²) >= 11 is -2.06. The van der Waals surface area contributed by atoms with Crippen molar-refractivity contribution >= 4 is 9.72 Å². The SMILES string of the molecule is C[C](C)=[Ti+2]([NH]C(=O)C1CCCCCCCCCCC1)[CH]1c2ccccc2-c2ccccc21.[Cl-].[Cl-]. The molecule has 1 N–H and O–H groups in total. The molecule has 2 aromatic rings. The Bertz CT molecular complexity index is 913. The molecule has 2 aromatic carbocycles. The summed E-state index contributed by atoms with van der Waals surface area (Å²) in [5.74, 6) is 0.545. The molecule has 0 heterocycles. The van der Waals surface area contributed by atoms with Gasteiger partial charge in [-0.05, 0) is 0 Å². The average Bonchev–Trinajstić information content (AvgIpc) is 3.12. The van der Waals surface area contributed by atoms with E-state index in [9.17, 15) is 4.79 Å². The molecule has 2 aliphatic rings. The van der Waals surface area contributed by atoms with Crippen LogP contribution in [0, 0.1) is 5.92 Å². The van der Waals surface area contributed by atoms with E-state index in [-0.39, 0.29) is 30.7 Å². The van der Waals surface area contributed by atoms with Crippen molar-refractivity contribution in [2.24, 2.45) is 5.92 Å². The zero-order chi connectivity index (χ0) is 22.3. The third-order valence-electron chi connectivity index (χ3n) is 7.39. The summed E-state index contributed by atoms with van der Waals surface area (Å²) in [6, 6.07) is 17.7. The third-order valence-corrected chi connectivity index (χ3v) is 11.8. The van der Waals surface area contributed by atoms with E-state index in [0.29, 0.717) is 10.1 Å². The zero-order valence-electron chi connectivity index (χ0n) is 20.7. The van der Waals surface area contributed by atoms with Crippen LogP contribution in [0.25, 0.3) is 11.1 Å². The van der Waals surface area contributed by atoms with E-state index in [2.05, 4.69) is 66.2 Å². The Kier molecular flexibility index (Phi) is 12.6. The summed E-state index contributed by atoms with van der Waals surface area (Å²) in [7, 11) is 0. The molecule has 0 saturated heterocycles. The minimum atomic E-state index is -2.06. The van der Waals surface area contributed by atoms with Gasteiger partial charge in [0.15, 0.2) is 0 Å². The van der Waals surface area contributed by atoms with Crippen LogP contribution in [0.3, 0.4) is 0 Å². The fourth-order valence-corrected chi connectivity index (χ4v) is 9.62. The van der Waals surface area contributed by atoms with Crippen molar-refractivity contribution in [3.63, 3.8) is 0 Å². The van der Waals surface area contributed by atoms with Crippen molar-refractivity contribution < 1.29 is 47.3 Å². The summed E-state index contributed by atoms with van der Waals surface area (Å²) in [6.07, 6.45) is 13.9. The van der Waals surface area contributed by atoms with Gasteiger partial charge in [-0.25, -0.2) is 0 Å². The molecule has 0 atom stereocenters. The van der Waals surface area contributed by atoms with Crippen molar-refractivity contribution in [3.05, 3.63) is 59.7 Å². The van der Waals surface area contributed by atoms with E-state index < -0.39 is 17.7 Å². The maximum atomic E-state index is 13.6. The summed E-state index contributed by atoms with van der Waals surface area (Å²) in [6.45, 7) is 4.50. The topological polar surface area (TPSA) is 29.1 Å². The molecule has 0 unspecified atom stereocenters. The van der Waals surface area contributed by atoms with Crippen molar-refractivity contribution in [3.8, 4) is 11.1 Å². The van der Waals surface area contributed by atoms with Crippen LogP contribution in [0.15, 0.2) is 48.5 Å². The minimum Gasteiger partial charge on any atom is -1.00 e. The largest absolute Gasteiger partial charge is 1.00 e. The van der Waals surface area contributed by atoms with Gasteiger partial charge in [0.05, 0.1) is 0 Å². The van der Waals surface area contributed by atoms with Gasteiger partial charge >= 0.3 is 201 Å². The van der Waals surface area contributed by atoms with Crippen LogP contribution in [0.1, 0.15) is 99.8 Å². The van der Waals surface area contributed by atoms with Crippen molar-refractivity contribution in [2.45, 2.75) is 88.7 Å². The maximum absolute atomic E-state index is 13.6. The van der Waals surface area contributed by atoms with Crippen molar-refractivity contribution in [2.75, 3.05) is 0 Å². The van der Waals surface area contributed by atoms with Gasteiger partial charge < -0.3 is 24.8 Å². The fraction of sp³-hybridized carbons (Fsp3) is 0.517. The van der Waals surface area contributed by atoms with Gasteiger partial charge in [0, 0.05) is 0 Å². The number of hydrogen-bond acceptors (Lipinski definition) is 1. The molecule has 0 aromatic heterocycles. The molecule has 4 rings (SSSR count). The second-order valence-electron chi connectivity index (χ2n) is 9.97. The monoisotopic (exact) mass is 535 g/mol. The van der Waals surface area contributed by atoms with E-state index in [1.165, 1.54) is 83.9 Å². The Hall–Kier alpha value is -0.926. The van der Waals surface area contributed by atoms with E-state index in [1.807, 2.05) is 0 Å². The van der Waals surface area contributed by atoms with Gasteiger partial charge in [0.2, 0.25) is 0 Å². The zero-order valence-corrected chi connectivity index (χ0v) is 23.8. The number of carbonyl (C=O) groups is 1. The second-order valence-corrected chi connectivity index (χ2v) is 14.1. The Labute approximate surface area is 225 Å². The van der Waals surface area contributed by atoms with Crippen LogP contribution in [-0.4, -0.2) is 9.72 Å². The van der Waals surface area contributed by atoms with Gasteiger partial charge in [-0.15, -0.1) is 0 Å². The number of nitrogens with one attached hydrogen (secondary N) is 1. The van der Waals surface area contributed by atoms with Gasteiger partial charge in [-0.2, -0.15) is 0 Å². The smallest absolute Gasteiger partial charge is 1.00 e. The molecule has 0 bridgehead atoms. The predicted octanol–water partition coefficient (Wildman–Crippen LogP) is 1.55. The molecule has 1 amide bonds. The molecule has 2 aliphatic carbocycles. The second kappa shape index (κ2) is 14.6. The molecule has 2 nitrogen and oxygen atoms in total. The molecule has 5 heteroatoms. The number of halogens is 2. The average molecular weight is 536 g/mol. The Morgan fingerprint density at radius 3 is 1.56 bits per heavy atom. The molecule has 1 fully saturated rings. The molecule has 184 valence electrons. The summed E-state index contributed by atoms with van der Waals surface area (Å²) < 4.78 is 5.52. The van der Waals surface area contributed by atoms with Crippen molar-refractivity contribution in [1.29, 1.82) is 0 Å². The van der Waals surface area contributed by atoms with Gasteiger partial charge in [-0.1, -0.05) is 0 Å². The summed E-state index contributed by atoms with van der Waals surface area (Å²) in [4.78, 5) is 13.6. The Morgan fingerprint density at radius 2 is 1.12 bits per heavy atom. The normalized spacial score (nSPS) is 16.7. The molecular formula is C29H39Cl2NOTi. The first kappa shape index (κ1) is 29.3. The third kappa shape index (κ3) is 7.06. The van der Waals surface area contributed by atoms with Crippen LogP contribution in [-0.2, 0) is 22.5 Å². The summed E-state index contributed by atoms with van der Waals surface area (Å²) in [5, 5.41) is 0. The quantitative estimate of drug-likeness (QED) is 0.593. The molecule has 34 heavy (non-hydrogen) atoms. The Balaban J connectivity index is 0.00000204. The first-order valence-electron chi connectivity index (χ1n) is 12.8. The molecular weight excluding hydrogens is 497 g/mol. The minimum absolute atomic E-state index is 0. The number of hydrogen-bond donors (Lipinski definition) is 1. The Morgan fingerprint density at radius 1 is 0.706 bits per heavy atom. The van der Waals surface area contributed by atoms with E-state index >= 15 is 0 Å². The fourth-order valence-electron chi connectivity index (χ4n) is 5.61. The van der Waals surface area contributed by atoms with Crippen LogP contribution in [0.2, 0.25) is 0 Å². The van der Waals surface area contributed by atoms with Gasteiger partial charge in [0.1, 0.15) is 0 Å². The van der Waals surface area contributed by atoms with Crippen LogP contribution in [0.5, 0.6) is 0 Å². The van der Waals surface area contributed by atoms with E-state index in [4.69, 9.17) is 0 Å². The maximum Gasteiger partial charge on any atom is -1.00 e. The molecule has 1 saturated carbocycles.